The molecule has 43 heavy (non-hydrogen) atoms. The molecule has 11 heteroatoms. The van der Waals surface area contributed by atoms with Crippen LogP contribution < -0.4 is 10.6 Å². The molecule has 2 N–H and O–H groups in total. The number of hydrogen-bond donors (Lipinski definition) is 2. The zero-order valence-electron chi connectivity index (χ0n) is 25.0. The summed E-state index contributed by atoms with van der Waals surface area (Å²) in [5.41, 5.74) is 1.23. The van der Waals surface area contributed by atoms with Gasteiger partial charge in [-0.2, -0.15) is 5.10 Å². The highest BCUT2D eigenvalue weighted by molar-refractivity contribution is 5.98. The van der Waals surface area contributed by atoms with Crippen molar-refractivity contribution >= 4 is 29.4 Å². The van der Waals surface area contributed by atoms with Crippen molar-refractivity contribution in [2.75, 3.05) is 25.6 Å². The molecule has 0 spiro atoms. The molecule has 2 heterocycles. The van der Waals surface area contributed by atoms with Gasteiger partial charge in [0.1, 0.15) is 12.1 Å². The minimum Gasteiger partial charge on any atom is -0.467 e. The van der Waals surface area contributed by atoms with E-state index >= 15 is 0 Å². The number of anilines is 1. The molecule has 3 aromatic rings. The van der Waals surface area contributed by atoms with Crippen molar-refractivity contribution in [3.63, 3.8) is 0 Å². The van der Waals surface area contributed by atoms with Gasteiger partial charge in [0, 0.05) is 18.2 Å². The number of amides is 3. The molecule has 1 unspecified atom stereocenters. The summed E-state index contributed by atoms with van der Waals surface area (Å²) in [5, 5.41) is 10.00. The summed E-state index contributed by atoms with van der Waals surface area (Å²) in [7, 11) is 1.31. The van der Waals surface area contributed by atoms with Crippen LogP contribution in [-0.2, 0) is 35.3 Å². The van der Waals surface area contributed by atoms with Crippen molar-refractivity contribution in [2.24, 2.45) is 5.41 Å². The van der Waals surface area contributed by atoms with Crippen molar-refractivity contribution < 1.29 is 28.7 Å². The second-order valence-corrected chi connectivity index (χ2v) is 11.5. The Morgan fingerprint density at radius 3 is 2.35 bits per heavy atom. The Hall–Kier alpha value is -4.51. The molecule has 1 fully saturated rings. The van der Waals surface area contributed by atoms with E-state index in [0.29, 0.717) is 30.6 Å². The Morgan fingerprint density at radius 1 is 1.02 bits per heavy atom. The van der Waals surface area contributed by atoms with Crippen LogP contribution >= 0.6 is 0 Å². The fourth-order valence-electron chi connectivity index (χ4n) is 4.81. The van der Waals surface area contributed by atoms with Gasteiger partial charge in [-0.3, -0.25) is 19.1 Å². The van der Waals surface area contributed by atoms with E-state index in [-0.39, 0.29) is 25.0 Å². The number of ether oxygens (including phenoxy) is 2. The molecule has 3 atom stereocenters. The molecular weight excluding hydrogens is 550 g/mol. The Morgan fingerprint density at radius 2 is 1.70 bits per heavy atom. The van der Waals surface area contributed by atoms with Crippen LogP contribution in [0.2, 0.25) is 0 Å². The van der Waals surface area contributed by atoms with Crippen LogP contribution in [0.25, 0.3) is 0 Å². The minimum atomic E-state index is -0.976. The third kappa shape index (κ3) is 8.07. The number of aromatic nitrogens is 2. The minimum absolute atomic E-state index is 0.0499. The first-order valence-electron chi connectivity index (χ1n) is 14.3. The molecule has 0 saturated carbocycles. The topological polar surface area (TPSA) is 132 Å². The SMILES string of the molecule is COC(=O)[C@@H]1CCCN1C(=O)C(c1ccccc1)n1cc(NC(=O)[C@@H](COCc2ccccc2)NC(=O)C(C)(C)C)cn1. The number of hydrogen-bond acceptors (Lipinski definition) is 7. The Kier molecular flexibility index (Phi) is 10.3. The number of rotatable bonds is 11. The van der Waals surface area contributed by atoms with Gasteiger partial charge in [0.15, 0.2) is 6.04 Å². The van der Waals surface area contributed by atoms with Crippen molar-refractivity contribution in [1.82, 2.24) is 20.0 Å². The summed E-state index contributed by atoms with van der Waals surface area (Å²) < 4.78 is 12.2. The van der Waals surface area contributed by atoms with Gasteiger partial charge in [-0.25, -0.2) is 4.79 Å². The summed E-state index contributed by atoms with van der Waals surface area (Å²) in [5.74, 6) is -1.54. The van der Waals surface area contributed by atoms with Crippen molar-refractivity contribution in [2.45, 2.75) is 58.3 Å². The molecule has 0 bridgehead atoms. The van der Waals surface area contributed by atoms with Crippen molar-refractivity contribution in [3.8, 4) is 0 Å². The van der Waals surface area contributed by atoms with Gasteiger partial charge in [-0.05, 0) is 24.0 Å². The van der Waals surface area contributed by atoms with Gasteiger partial charge < -0.3 is 25.0 Å². The van der Waals surface area contributed by atoms with Gasteiger partial charge in [0.2, 0.25) is 11.8 Å². The lowest BCUT2D eigenvalue weighted by Crippen LogP contribution is -2.50. The Bertz CT molecular complexity index is 1400. The van der Waals surface area contributed by atoms with Gasteiger partial charge in [0.05, 0.1) is 32.2 Å². The zero-order chi connectivity index (χ0) is 31.0. The maximum Gasteiger partial charge on any atom is 0.328 e. The monoisotopic (exact) mass is 589 g/mol. The van der Waals surface area contributed by atoms with Crippen LogP contribution in [0.5, 0.6) is 0 Å². The number of methoxy groups -OCH3 is 1. The number of nitrogens with one attached hydrogen (secondary N) is 2. The zero-order valence-corrected chi connectivity index (χ0v) is 25.0. The van der Waals surface area contributed by atoms with E-state index in [1.165, 1.54) is 22.9 Å². The molecule has 1 saturated heterocycles. The van der Waals surface area contributed by atoms with E-state index in [0.717, 1.165) is 5.56 Å². The number of carbonyl (C=O) groups is 4. The van der Waals surface area contributed by atoms with Gasteiger partial charge in [-0.1, -0.05) is 81.4 Å². The first-order valence-corrected chi connectivity index (χ1v) is 14.3. The summed E-state index contributed by atoms with van der Waals surface area (Å²) in [6, 6.07) is 16.1. The predicted molar refractivity (Wildman–Crippen MR) is 160 cm³/mol. The highest BCUT2D eigenvalue weighted by Crippen LogP contribution is 2.27. The average molecular weight is 590 g/mol. The fraction of sp³-hybridized carbons (Fsp3) is 0.406. The lowest BCUT2D eigenvalue weighted by Gasteiger charge is -2.28. The number of likely N-dealkylation sites (tertiary alicyclic amines) is 1. The van der Waals surface area contributed by atoms with E-state index in [4.69, 9.17) is 9.47 Å². The third-order valence-corrected chi connectivity index (χ3v) is 7.19. The normalized spacial score (nSPS) is 16.3. The summed E-state index contributed by atoms with van der Waals surface area (Å²) in [6.45, 7) is 5.93. The lowest BCUT2D eigenvalue weighted by atomic mass is 9.95. The van der Waals surface area contributed by atoms with Gasteiger partial charge in [0.25, 0.3) is 5.91 Å². The first kappa shape index (κ1) is 31.4. The van der Waals surface area contributed by atoms with Crippen LogP contribution in [-0.4, -0.2) is 70.7 Å². The van der Waals surface area contributed by atoms with Gasteiger partial charge in [-0.15, -0.1) is 0 Å². The van der Waals surface area contributed by atoms with E-state index in [2.05, 4.69) is 15.7 Å². The highest BCUT2D eigenvalue weighted by Gasteiger charge is 2.39. The van der Waals surface area contributed by atoms with Crippen LogP contribution in [0.1, 0.15) is 50.8 Å². The summed E-state index contributed by atoms with van der Waals surface area (Å²) in [4.78, 5) is 54.0. The fourth-order valence-corrected chi connectivity index (χ4v) is 4.81. The quantitative estimate of drug-likeness (QED) is 0.328. The largest absolute Gasteiger partial charge is 0.467 e. The average Bonchev–Trinajstić information content (AvgIpc) is 3.67. The van der Waals surface area contributed by atoms with E-state index in [1.807, 2.05) is 60.7 Å². The molecule has 3 amide bonds. The standard InChI is InChI=1S/C32H39N5O6/c1-32(2,3)31(41)35-25(21-43-20-22-12-7-5-8-13-22)28(38)34-24-18-33-37(19-24)27(23-14-9-6-10-15-23)29(39)36-17-11-16-26(36)30(40)42-4/h5-10,12-15,18-19,25-27H,11,16-17,20-21H2,1-4H3,(H,34,38)(H,35,41)/t25-,26+,27?/m1/s1. The Balaban J connectivity index is 1.53. The molecule has 228 valence electrons. The van der Waals surface area contributed by atoms with Crippen LogP contribution in [0.4, 0.5) is 5.69 Å². The molecule has 0 radical (unpaired) electrons. The molecule has 0 aliphatic carbocycles. The van der Waals surface area contributed by atoms with E-state index in [9.17, 15) is 19.2 Å². The second kappa shape index (κ2) is 14.1. The van der Waals surface area contributed by atoms with Crippen molar-refractivity contribution in [1.29, 1.82) is 0 Å². The van der Waals surface area contributed by atoms with Crippen LogP contribution in [0.15, 0.2) is 73.1 Å². The molecular formula is C32H39N5O6. The molecule has 2 aromatic carbocycles. The van der Waals surface area contributed by atoms with E-state index < -0.39 is 35.4 Å². The lowest BCUT2D eigenvalue weighted by molar-refractivity contribution is -0.151. The molecule has 1 aliphatic heterocycles. The number of carbonyl (C=O) groups excluding carboxylic acids is 4. The molecule has 4 rings (SSSR count). The number of nitrogens with zero attached hydrogens (tertiary/aromatic N) is 3. The summed E-state index contributed by atoms with van der Waals surface area (Å²) >= 11 is 0. The summed E-state index contributed by atoms with van der Waals surface area (Å²) in [6.07, 6.45) is 4.20. The third-order valence-electron chi connectivity index (χ3n) is 7.19. The van der Waals surface area contributed by atoms with Crippen LogP contribution in [0, 0.1) is 5.41 Å². The van der Waals surface area contributed by atoms with Gasteiger partial charge >= 0.3 is 5.97 Å². The van der Waals surface area contributed by atoms with Crippen molar-refractivity contribution in [3.05, 3.63) is 84.2 Å². The number of benzene rings is 2. The molecule has 1 aromatic heterocycles. The predicted octanol–water partition coefficient (Wildman–Crippen LogP) is 3.32. The smallest absolute Gasteiger partial charge is 0.328 e. The first-order chi connectivity index (χ1) is 20.6. The molecule has 11 nitrogen and oxygen atoms in total. The second-order valence-electron chi connectivity index (χ2n) is 11.5. The maximum atomic E-state index is 13.9. The number of esters is 1. The Labute approximate surface area is 251 Å². The highest BCUT2D eigenvalue weighted by atomic mass is 16.5. The van der Waals surface area contributed by atoms with E-state index in [1.54, 1.807) is 27.0 Å². The maximum absolute atomic E-state index is 13.9. The molecule has 1 aliphatic rings. The van der Waals surface area contributed by atoms with Crippen LogP contribution in [0.3, 0.4) is 0 Å².